The first-order valence-corrected chi connectivity index (χ1v) is 8.00. The molecule has 0 spiro atoms. The molecule has 1 N–H and O–H groups in total. The summed E-state index contributed by atoms with van der Waals surface area (Å²) in [6.07, 6.45) is 0.353. The van der Waals surface area contributed by atoms with E-state index in [0.717, 1.165) is 7.11 Å². The number of aryl methyl sites for hydroxylation is 1. The number of hydrogen-bond acceptors (Lipinski definition) is 7. The van der Waals surface area contributed by atoms with Gasteiger partial charge in [0.15, 0.2) is 13.9 Å². The van der Waals surface area contributed by atoms with E-state index in [1.807, 2.05) is 0 Å². The van der Waals surface area contributed by atoms with Crippen LogP contribution in [0.1, 0.15) is 24.6 Å². The second-order valence-electron chi connectivity index (χ2n) is 4.67. The summed E-state index contributed by atoms with van der Waals surface area (Å²) in [6.45, 7) is 1.57. The summed E-state index contributed by atoms with van der Waals surface area (Å²) in [6, 6.07) is 0. The number of aromatic nitrogens is 2. The van der Waals surface area contributed by atoms with Gasteiger partial charge in [-0.05, 0) is 13.3 Å². The SMILES string of the molecule is COP(=O)([O-])COC1CCC(n2cc(C)c(=O)[nH]c2=O)O1.[Na+]. The zero-order chi connectivity index (χ0) is 15.6. The van der Waals surface area contributed by atoms with Crippen molar-refractivity contribution in [2.45, 2.75) is 32.3 Å². The maximum absolute atomic E-state index is 11.7. The second-order valence-corrected chi connectivity index (χ2v) is 6.51. The van der Waals surface area contributed by atoms with Crippen LogP contribution >= 0.6 is 7.60 Å². The molecular formula is C11H16N2NaO7P. The minimum absolute atomic E-state index is 0. The molecule has 0 aromatic carbocycles. The van der Waals surface area contributed by atoms with Crippen molar-refractivity contribution in [1.82, 2.24) is 9.55 Å². The molecule has 1 aliphatic rings. The van der Waals surface area contributed by atoms with Gasteiger partial charge >= 0.3 is 35.2 Å². The van der Waals surface area contributed by atoms with Crippen LogP contribution in [0.4, 0.5) is 0 Å². The maximum Gasteiger partial charge on any atom is 1.00 e. The van der Waals surface area contributed by atoms with E-state index in [4.69, 9.17) is 9.47 Å². The molecule has 2 rings (SSSR count). The Morgan fingerprint density at radius 3 is 2.82 bits per heavy atom. The van der Waals surface area contributed by atoms with Gasteiger partial charge in [-0.3, -0.25) is 14.3 Å². The third kappa shape index (κ3) is 4.87. The summed E-state index contributed by atoms with van der Waals surface area (Å²) in [5, 5.41) is 0. The van der Waals surface area contributed by atoms with Crippen molar-refractivity contribution in [2.24, 2.45) is 0 Å². The number of nitrogens with one attached hydrogen (secondary N) is 1. The Morgan fingerprint density at radius 2 is 2.18 bits per heavy atom. The number of nitrogens with zero attached hydrogens (tertiary/aromatic N) is 1. The largest absolute Gasteiger partial charge is 1.00 e. The molecule has 9 nitrogen and oxygen atoms in total. The number of rotatable bonds is 5. The van der Waals surface area contributed by atoms with Gasteiger partial charge < -0.3 is 23.5 Å². The molecule has 11 heteroatoms. The van der Waals surface area contributed by atoms with Crippen LogP contribution in [0.15, 0.2) is 15.8 Å². The first-order chi connectivity index (χ1) is 9.82. The van der Waals surface area contributed by atoms with Gasteiger partial charge in [-0.15, -0.1) is 0 Å². The average molecular weight is 342 g/mol. The van der Waals surface area contributed by atoms with Crippen LogP contribution in [0.25, 0.3) is 0 Å². The van der Waals surface area contributed by atoms with Crippen LogP contribution in [-0.2, 0) is 18.6 Å². The van der Waals surface area contributed by atoms with E-state index in [2.05, 4.69) is 9.51 Å². The van der Waals surface area contributed by atoms with Gasteiger partial charge in [-0.25, -0.2) is 4.79 Å². The van der Waals surface area contributed by atoms with Gasteiger partial charge in [-0.1, -0.05) is 0 Å². The Balaban J connectivity index is 0.00000242. The van der Waals surface area contributed by atoms with Crippen molar-refractivity contribution >= 4 is 7.60 Å². The fourth-order valence-corrected chi connectivity index (χ4v) is 2.40. The van der Waals surface area contributed by atoms with Gasteiger partial charge in [0.25, 0.3) is 5.56 Å². The average Bonchev–Trinajstić information content (AvgIpc) is 2.89. The third-order valence-corrected chi connectivity index (χ3v) is 4.13. The van der Waals surface area contributed by atoms with Crippen molar-refractivity contribution in [3.63, 3.8) is 0 Å². The first-order valence-electron chi connectivity index (χ1n) is 6.27. The summed E-state index contributed by atoms with van der Waals surface area (Å²) >= 11 is 0. The van der Waals surface area contributed by atoms with E-state index in [-0.39, 0.29) is 29.6 Å². The smallest absolute Gasteiger partial charge is 0.777 e. The van der Waals surface area contributed by atoms with Crippen molar-refractivity contribution in [3.05, 3.63) is 32.6 Å². The van der Waals surface area contributed by atoms with Gasteiger partial charge in [-0.2, -0.15) is 0 Å². The Hall–Kier alpha value is -0.250. The fourth-order valence-electron chi connectivity index (χ4n) is 1.94. The molecule has 118 valence electrons. The van der Waals surface area contributed by atoms with E-state index >= 15 is 0 Å². The van der Waals surface area contributed by atoms with E-state index in [1.54, 1.807) is 6.92 Å². The Labute approximate surface area is 148 Å². The maximum atomic E-state index is 11.7. The molecule has 0 amide bonds. The zero-order valence-corrected chi connectivity index (χ0v) is 15.5. The monoisotopic (exact) mass is 342 g/mol. The molecule has 1 fully saturated rings. The predicted molar refractivity (Wildman–Crippen MR) is 69.8 cm³/mol. The Bertz CT molecular complexity index is 673. The molecule has 2 heterocycles. The summed E-state index contributed by atoms with van der Waals surface area (Å²) < 4.78 is 27.3. The van der Waals surface area contributed by atoms with Crippen LogP contribution in [0, 0.1) is 6.92 Å². The van der Waals surface area contributed by atoms with E-state index in [0.29, 0.717) is 18.4 Å². The normalized spacial score (nSPS) is 23.8. The van der Waals surface area contributed by atoms with Gasteiger partial charge in [0.2, 0.25) is 0 Å². The quantitative estimate of drug-likeness (QED) is 0.438. The van der Waals surface area contributed by atoms with E-state index < -0.39 is 37.7 Å². The Morgan fingerprint density at radius 1 is 1.50 bits per heavy atom. The van der Waals surface area contributed by atoms with Crippen LogP contribution in [-0.4, -0.2) is 29.3 Å². The van der Waals surface area contributed by atoms with Crippen LogP contribution in [0.3, 0.4) is 0 Å². The molecule has 3 atom stereocenters. The first kappa shape index (κ1) is 19.8. The minimum Gasteiger partial charge on any atom is -0.777 e. The minimum atomic E-state index is -4.01. The van der Waals surface area contributed by atoms with Gasteiger partial charge in [0.1, 0.15) is 12.6 Å². The zero-order valence-electron chi connectivity index (χ0n) is 12.6. The number of aromatic amines is 1. The van der Waals surface area contributed by atoms with Gasteiger partial charge in [0.05, 0.1) is 0 Å². The third-order valence-electron chi connectivity index (χ3n) is 3.11. The number of H-pyrrole nitrogens is 1. The fraction of sp³-hybridized carbons (Fsp3) is 0.636. The van der Waals surface area contributed by atoms with E-state index in [9.17, 15) is 19.0 Å². The molecule has 0 radical (unpaired) electrons. The standard InChI is InChI=1S/C11H17N2O7P.Na/c1-7-5-13(11(15)12-10(7)14)8-3-4-9(20-8)19-6-21(16,17)18-2;/h5,8-9H,3-4,6H2,1-2H3,(H,16,17)(H,12,14,15);/q;+1/p-1. The van der Waals surface area contributed by atoms with Crippen LogP contribution in [0.5, 0.6) is 0 Å². The Kier molecular flexibility index (Phi) is 7.22. The van der Waals surface area contributed by atoms with Crippen molar-refractivity contribution in [1.29, 1.82) is 0 Å². The van der Waals surface area contributed by atoms with Crippen molar-refractivity contribution in [3.8, 4) is 0 Å². The summed E-state index contributed by atoms with van der Waals surface area (Å²) in [5.74, 6) is 0. The van der Waals surface area contributed by atoms with Crippen molar-refractivity contribution < 1.29 is 53.0 Å². The summed E-state index contributed by atoms with van der Waals surface area (Å²) in [5.41, 5.74) is -0.650. The van der Waals surface area contributed by atoms with Crippen LogP contribution < -0.4 is 45.7 Å². The van der Waals surface area contributed by atoms with Crippen LogP contribution in [0.2, 0.25) is 0 Å². The molecule has 1 aromatic rings. The molecule has 0 bridgehead atoms. The van der Waals surface area contributed by atoms with E-state index in [1.165, 1.54) is 10.8 Å². The predicted octanol–water partition coefficient (Wildman–Crippen LogP) is -3.34. The number of ether oxygens (including phenoxy) is 2. The molecule has 3 unspecified atom stereocenters. The molecule has 0 aliphatic carbocycles. The molecule has 1 aliphatic heterocycles. The number of hydrogen-bond donors (Lipinski definition) is 1. The van der Waals surface area contributed by atoms with Gasteiger partial charge in [0, 0.05) is 25.3 Å². The summed E-state index contributed by atoms with van der Waals surface area (Å²) in [7, 11) is -2.96. The second kappa shape index (κ2) is 8.03. The molecule has 1 saturated heterocycles. The molecule has 22 heavy (non-hydrogen) atoms. The molecule has 0 saturated carbocycles. The summed E-state index contributed by atoms with van der Waals surface area (Å²) in [4.78, 5) is 36.4. The molecular weight excluding hydrogens is 326 g/mol. The van der Waals surface area contributed by atoms with Crippen molar-refractivity contribution in [2.75, 3.05) is 13.5 Å². The molecule has 1 aromatic heterocycles. The topological polar surface area (TPSA) is 123 Å².